The smallest absolute Gasteiger partial charge is 0.304 e. The zero-order valence-electron chi connectivity index (χ0n) is 12.2. The highest BCUT2D eigenvalue weighted by Gasteiger charge is 2.64. The van der Waals surface area contributed by atoms with Gasteiger partial charge in [0.15, 0.2) is 0 Å². The van der Waals surface area contributed by atoms with Crippen LogP contribution in [-0.4, -0.2) is 43.9 Å². The SMILES string of the molecule is CN(CCC(=O)O)S(=O)(=O)NCC1C(C)(C)C1(C)C. The van der Waals surface area contributed by atoms with E-state index in [-0.39, 0.29) is 23.8 Å². The van der Waals surface area contributed by atoms with Gasteiger partial charge in [-0.3, -0.25) is 4.79 Å². The van der Waals surface area contributed by atoms with Crippen molar-refractivity contribution in [3.8, 4) is 0 Å². The van der Waals surface area contributed by atoms with E-state index in [0.29, 0.717) is 12.5 Å². The lowest BCUT2D eigenvalue weighted by Gasteiger charge is -2.17. The number of rotatable bonds is 7. The van der Waals surface area contributed by atoms with Crippen LogP contribution in [0, 0.1) is 16.7 Å². The van der Waals surface area contributed by atoms with Gasteiger partial charge in [0.2, 0.25) is 0 Å². The largest absolute Gasteiger partial charge is 0.481 e. The third-order valence-corrected chi connectivity index (χ3v) is 6.38. The molecular formula is C12H24N2O4S. The quantitative estimate of drug-likeness (QED) is 0.730. The monoisotopic (exact) mass is 292 g/mol. The number of hydrogen-bond acceptors (Lipinski definition) is 3. The third-order valence-electron chi connectivity index (χ3n) is 4.84. The van der Waals surface area contributed by atoms with Gasteiger partial charge < -0.3 is 5.11 Å². The topological polar surface area (TPSA) is 86.7 Å². The summed E-state index contributed by atoms with van der Waals surface area (Å²) in [4.78, 5) is 10.4. The predicted octanol–water partition coefficient (Wildman–Crippen LogP) is 0.909. The molecule has 0 radical (unpaired) electrons. The van der Waals surface area contributed by atoms with Crippen LogP contribution in [-0.2, 0) is 15.0 Å². The number of nitrogens with one attached hydrogen (secondary N) is 1. The number of carbonyl (C=O) groups is 1. The van der Waals surface area contributed by atoms with Crippen LogP contribution < -0.4 is 4.72 Å². The highest BCUT2D eigenvalue weighted by molar-refractivity contribution is 7.87. The molecule has 6 nitrogen and oxygen atoms in total. The Morgan fingerprint density at radius 3 is 2.11 bits per heavy atom. The number of carboxylic acid groups (broad SMARTS) is 1. The second-order valence-corrected chi connectivity index (χ2v) is 8.18. The molecule has 1 saturated carbocycles. The van der Waals surface area contributed by atoms with E-state index in [0.717, 1.165) is 4.31 Å². The summed E-state index contributed by atoms with van der Waals surface area (Å²) in [5, 5.41) is 8.55. The highest BCUT2D eigenvalue weighted by Crippen LogP contribution is 2.67. The zero-order valence-corrected chi connectivity index (χ0v) is 13.0. The summed E-state index contributed by atoms with van der Waals surface area (Å²) >= 11 is 0. The van der Waals surface area contributed by atoms with Crippen molar-refractivity contribution in [2.45, 2.75) is 34.1 Å². The van der Waals surface area contributed by atoms with E-state index in [2.05, 4.69) is 32.4 Å². The Labute approximate surface area is 115 Å². The summed E-state index contributed by atoms with van der Waals surface area (Å²) in [6.45, 7) is 8.86. The molecule has 0 atom stereocenters. The van der Waals surface area contributed by atoms with Crippen molar-refractivity contribution in [1.29, 1.82) is 0 Å². The zero-order chi connectivity index (χ0) is 15.1. The van der Waals surface area contributed by atoms with Crippen LogP contribution in [0.15, 0.2) is 0 Å². The summed E-state index contributed by atoms with van der Waals surface area (Å²) < 4.78 is 27.4. The lowest BCUT2D eigenvalue weighted by atomic mass is 10.0. The summed E-state index contributed by atoms with van der Waals surface area (Å²) in [5.74, 6) is -0.714. The maximum absolute atomic E-state index is 11.9. The molecule has 0 heterocycles. The molecule has 0 aromatic carbocycles. The van der Waals surface area contributed by atoms with Crippen LogP contribution in [0.4, 0.5) is 0 Å². The van der Waals surface area contributed by atoms with Gasteiger partial charge in [-0.15, -0.1) is 0 Å². The highest BCUT2D eigenvalue weighted by atomic mass is 32.2. The number of carboxylic acids is 1. The van der Waals surface area contributed by atoms with Gasteiger partial charge in [0, 0.05) is 20.1 Å². The average molecular weight is 292 g/mol. The molecule has 0 spiro atoms. The van der Waals surface area contributed by atoms with Gasteiger partial charge in [-0.2, -0.15) is 12.7 Å². The fourth-order valence-electron chi connectivity index (χ4n) is 2.52. The van der Waals surface area contributed by atoms with Crippen molar-refractivity contribution >= 4 is 16.2 Å². The maximum Gasteiger partial charge on any atom is 0.304 e. The molecule has 1 fully saturated rings. The predicted molar refractivity (Wildman–Crippen MR) is 72.9 cm³/mol. The fraction of sp³-hybridized carbons (Fsp3) is 0.917. The van der Waals surface area contributed by atoms with Crippen molar-refractivity contribution in [3.63, 3.8) is 0 Å². The maximum atomic E-state index is 11.9. The first-order chi connectivity index (χ1) is 8.43. The van der Waals surface area contributed by atoms with Gasteiger partial charge in [0.1, 0.15) is 0 Å². The lowest BCUT2D eigenvalue weighted by Crippen LogP contribution is -2.40. The molecule has 0 bridgehead atoms. The molecule has 7 heteroatoms. The van der Waals surface area contributed by atoms with E-state index >= 15 is 0 Å². The second kappa shape index (κ2) is 5.03. The molecule has 0 saturated heterocycles. The van der Waals surface area contributed by atoms with Crippen molar-refractivity contribution < 1.29 is 18.3 Å². The Hall–Kier alpha value is -0.660. The van der Waals surface area contributed by atoms with E-state index in [1.54, 1.807) is 0 Å². The van der Waals surface area contributed by atoms with Gasteiger partial charge in [-0.05, 0) is 16.7 Å². The molecule has 0 aliphatic heterocycles. The Morgan fingerprint density at radius 1 is 1.26 bits per heavy atom. The van der Waals surface area contributed by atoms with E-state index in [4.69, 9.17) is 5.11 Å². The lowest BCUT2D eigenvalue weighted by molar-refractivity contribution is -0.137. The van der Waals surface area contributed by atoms with Crippen LogP contribution in [0.3, 0.4) is 0 Å². The van der Waals surface area contributed by atoms with E-state index < -0.39 is 16.2 Å². The Bertz CT molecular complexity index is 442. The standard InChI is InChI=1S/C12H24N2O4S/c1-11(2)9(12(11,3)4)8-13-19(17,18)14(5)7-6-10(15)16/h9,13H,6-8H2,1-5H3,(H,15,16). The Balaban J connectivity index is 2.51. The van der Waals surface area contributed by atoms with Crippen molar-refractivity contribution in [3.05, 3.63) is 0 Å². The first kappa shape index (κ1) is 16.4. The van der Waals surface area contributed by atoms with Gasteiger partial charge in [0.25, 0.3) is 10.2 Å². The first-order valence-electron chi connectivity index (χ1n) is 6.35. The molecule has 0 unspecified atom stereocenters. The van der Waals surface area contributed by atoms with Crippen LogP contribution in [0.5, 0.6) is 0 Å². The van der Waals surface area contributed by atoms with Crippen molar-refractivity contribution in [2.24, 2.45) is 16.7 Å². The molecule has 1 aliphatic rings. The third kappa shape index (κ3) is 3.27. The van der Waals surface area contributed by atoms with Gasteiger partial charge in [-0.1, -0.05) is 27.7 Å². The summed E-state index contributed by atoms with van der Waals surface area (Å²) in [6, 6.07) is 0. The van der Waals surface area contributed by atoms with E-state index in [1.165, 1.54) is 7.05 Å². The molecule has 0 aromatic rings. The fourth-order valence-corrected chi connectivity index (χ4v) is 3.44. The van der Waals surface area contributed by atoms with Crippen LogP contribution >= 0.6 is 0 Å². The number of nitrogens with zero attached hydrogens (tertiary/aromatic N) is 1. The summed E-state index contributed by atoms with van der Waals surface area (Å²) in [7, 11) is -2.21. The Morgan fingerprint density at radius 2 is 1.74 bits per heavy atom. The molecule has 0 amide bonds. The molecule has 1 rings (SSSR count). The average Bonchev–Trinajstić information content (AvgIpc) is 2.63. The molecular weight excluding hydrogens is 268 g/mol. The minimum Gasteiger partial charge on any atom is -0.481 e. The summed E-state index contributed by atoms with van der Waals surface area (Å²) in [6.07, 6.45) is -0.197. The van der Waals surface area contributed by atoms with Gasteiger partial charge in [0.05, 0.1) is 6.42 Å². The second-order valence-electron chi connectivity index (χ2n) is 6.31. The minimum atomic E-state index is -3.59. The minimum absolute atomic E-state index is 0.0257. The molecule has 1 aliphatic carbocycles. The molecule has 0 aromatic heterocycles. The number of aliphatic carboxylic acids is 1. The normalized spacial score (nSPS) is 21.6. The Kier molecular flexibility index (Phi) is 4.34. The van der Waals surface area contributed by atoms with Crippen LogP contribution in [0.1, 0.15) is 34.1 Å². The van der Waals surface area contributed by atoms with Crippen LogP contribution in [0.2, 0.25) is 0 Å². The molecule has 19 heavy (non-hydrogen) atoms. The number of hydrogen-bond donors (Lipinski definition) is 2. The first-order valence-corrected chi connectivity index (χ1v) is 7.79. The molecule has 2 N–H and O–H groups in total. The van der Waals surface area contributed by atoms with Crippen molar-refractivity contribution in [1.82, 2.24) is 9.03 Å². The van der Waals surface area contributed by atoms with Crippen molar-refractivity contribution in [2.75, 3.05) is 20.1 Å². The van der Waals surface area contributed by atoms with E-state index in [9.17, 15) is 13.2 Å². The molecule has 112 valence electrons. The van der Waals surface area contributed by atoms with Gasteiger partial charge >= 0.3 is 5.97 Å². The van der Waals surface area contributed by atoms with E-state index in [1.807, 2.05) is 0 Å². The van der Waals surface area contributed by atoms with Gasteiger partial charge in [-0.25, -0.2) is 4.72 Å². The van der Waals surface area contributed by atoms with Crippen LogP contribution in [0.25, 0.3) is 0 Å². The summed E-state index contributed by atoms with van der Waals surface area (Å²) in [5.41, 5.74) is 0.240.